The van der Waals surface area contributed by atoms with Crippen molar-refractivity contribution in [2.24, 2.45) is 0 Å². The monoisotopic (exact) mass is 500 g/mol. The summed E-state index contributed by atoms with van der Waals surface area (Å²) in [5.41, 5.74) is 10.3. The van der Waals surface area contributed by atoms with Crippen LogP contribution in [0.15, 0.2) is 132 Å². The van der Waals surface area contributed by atoms with Gasteiger partial charge in [-0.05, 0) is 53.6 Å². The fraction of sp³-hybridized carbons (Fsp3) is 0.0286. The molecular weight excluding hydrogens is 478 g/mol. The summed E-state index contributed by atoms with van der Waals surface area (Å²) in [5.74, 6) is 0. The highest BCUT2D eigenvalue weighted by atomic mass is 16.3. The van der Waals surface area contributed by atoms with E-state index in [9.17, 15) is 0 Å². The summed E-state index contributed by atoms with van der Waals surface area (Å²) >= 11 is 0. The van der Waals surface area contributed by atoms with E-state index in [1.54, 1.807) is 0 Å². The molecule has 1 aliphatic carbocycles. The minimum absolute atomic E-state index is 0.0837. The fourth-order valence-corrected chi connectivity index (χ4v) is 6.58. The third-order valence-electron chi connectivity index (χ3n) is 8.20. The highest BCUT2D eigenvalue weighted by Crippen LogP contribution is 2.46. The first-order valence-corrected chi connectivity index (χ1v) is 13.3. The maximum atomic E-state index is 6.29. The maximum Gasteiger partial charge on any atom is 0.235 e. The lowest BCUT2D eigenvalue weighted by Gasteiger charge is -2.24. The fourth-order valence-electron chi connectivity index (χ4n) is 6.58. The lowest BCUT2D eigenvalue weighted by atomic mass is 10.0. The molecule has 9 rings (SSSR count). The minimum Gasteiger partial charge on any atom is -0.456 e. The first kappa shape index (κ1) is 20.8. The lowest BCUT2D eigenvalue weighted by Crippen LogP contribution is -2.30. The maximum absolute atomic E-state index is 6.29. The van der Waals surface area contributed by atoms with Crippen LogP contribution in [0.4, 0.5) is 11.4 Å². The van der Waals surface area contributed by atoms with E-state index in [0.29, 0.717) is 0 Å². The molecule has 1 atom stereocenters. The van der Waals surface area contributed by atoms with Crippen LogP contribution >= 0.6 is 0 Å². The number of aromatic nitrogens is 2. The Morgan fingerprint density at radius 3 is 2.41 bits per heavy atom. The second-order valence-electron chi connectivity index (χ2n) is 10.2. The topological polar surface area (TPSA) is 34.0 Å². The van der Waals surface area contributed by atoms with Crippen LogP contribution < -0.4 is 4.58 Å². The van der Waals surface area contributed by atoms with E-state index in [-0.39, 0.29) is 6.04 Å². The van der Waals surface area contributed by atoms with Crippen molar-refractivity contribution in [1.82, 2.24) is 14.1 Å². The molecule has 4 heteroatoms. The Bertz CT molecular complexity index is 2210. The Hall–Kier alpha value is -5.22. The van der Waals surface area contributed by atoms with Crippen LogP contribution in [0.2, 0.25) is 0 Å². The lowest BCUT2D eigenvalue weighted by molar-refractivity contribution is 0.669. The second kappa shape index (κ2) is 7.65. The average molecular weight is 501 g/mol. The van der Waals surface area contributed by atoms with Gasteiger partial charge in [-0.2, -0.15) is 4.58 Å². The van der Waals surface area contributed by atoms with Crippen LogP contribution in [0.25, 0.3) is 54.9 Å². The van der Waals surface area contributed by atoms with Crippen molar-refractivity contribution in [2.75, 3.05) is 0 Å². The molecule has 1 unspecified atom stereocenters. The van der Waals surface area contributed by atoms with Crippen molar-refractivity contribution in [3.8, 4) is 11.1 Å². The molecule has 4 heterocycles. The van der Waals surface area contributed by atoms with Crippen molar-refractivity contribution >= 4 is 60.8 Å². The van der Waals surface area contributed by atoms with E-state index in [2.05, 4.69) is 123 Å². The molecule has 0 saturated carbocycles. The Kier molecular flexibility index (Phi) is 4.08. The number of pyridine rings is 1. The number of para-hydroxylation sites is 2. The van der Waals surface area contributed by atoms with E-state index in [4.69, 9.17) is 4.42 Å². The number of allylic oxidation sites excluding steroid dienone is 4. The summed E-state index contributed by atoms with van der Waals surface area (Å²) in [5, 5.41) is 4.86. The van der Waals surface area contributed by atoms with Crippen LogP contribution in [0.1, 0.15) is 6.04 Å². The number of hydrogen-bond acceptors (Lipinski definition) is 2. The summed E-state index contributed by atoms with van der Waals surface area (Å²) in [7, 11) is 0. The van der Waals surface area contributed by atoms with Gasteiger partial charge in [0.25, 0.3) is 0 Å². The number of nitrogens with zero attached hydrogens (tertiary/aromatic N) is 3. The Labute approximate surface area is 224 Å². The first-order valence-electron chi connectivity index (χ1n) is 13.3. The predicted octanol–water partition coefficient (Wildman–Crippen LogP) is 8.71. The molecule has 7 aromatic rings. The Morgan fingerprint density at radius 2 is 1.51 bits per heavy atom. The molecule has 2 aliphatic rings. The van der Waals surface area contributed by atoms with Gasteiger partial charge in [0.05, 0.1) is 5.52 Å². The number of fused-ring (bicyclic) bond motifs is 9. The largest absolute Gasteiger partial charge is 0.456 e. The standard InChI is InChI=1S/C35H22N3O/c1-4-11-31-25(6-1)34-32(39-31)17-16-29-33(34)26-7-5-10-30-35(26)38(29)28-9-3-2-8-27(28)37(30)24-14-12-22(13-15-24)23-18-20-36-21-19-23/h1-21,28H/q+1. The molecule has 0 fully saturated rings. The first-order chi connectivity index (χ1) is 19.4. The molecular formula is C35H22N3O+. The zero-order valence-corrected chi connectivity index (χ0v) is 21.0. The van der Waals surface area contributed by atoms with Crippen molar-refractivity contribution in [2.45, 2.75) is 6.04 Å². The van der Waals surface area contributed by atoms with Gasteiger partial charge in [-0.15, -0.1) is 0 Å². The second-order valence-corrected chi connectivity index (χ2v) is 10.2. The van der Waals surface area contributed by atoms with E-state index < -0.39 is 0 Å². The van der Waals surface area contributed by atoms with Gasteiger partial charge in [0.2, 0.25) is 17.1 Å². The van der Waals surface area contributed by atoms with E-state index in [1.165, 1.54) is 49.7 Å². The van der Waals surface area contributed by atoms with E-state index >= 15 is 0 Å². The van der Waals surface area contributed by atoms with E-state index in [0.717, 1.165) is 22.2 Å². The molecule has 0 saturated heterocycles. The summed E-state index contributed by atoms with van der Waals surface area (Å²) in [6, 6.07) is 32.5. The van der Waals surface area contributed by atoms with Gasteiger partial charge >= 0.3 is 0 Å². The molecule has 0 amide bonds. The van der Waals surface area contributed by atoms with Crippen molar-refractivity contribution < 1.29 is 4.42 Å². The van der Waals surface area contributed by atoms with Crippen molar-refractivity contribution in [1.29, 1.82) is 0 Å². The minimum atomic E-state index is 0.0837. The molecule has 4 aromatic carbocycles. The van der Waals surface area contributed by atoms with E-state index in [1.807, 2.05) is 18.5 Å². The van der Waals surface area contributed by atoms with Crippen molar-refractivity contribution in [3.63, 3.8) is 0 Å². The molecule has 3 aromatic heterocycles. The number of benzene rings is 4. The van der Waals surface area contributed by atoms with Crippen molar-refractivity contribution in [3.05, 3.63) is 128 Å². The van der Waals surface area contributed by atoms with Gasteiger partial charge in [0.1, 0.15) is 22.7 Å². The zero-order valence-electron chi connectivity index (χ0n) is 21.0. The quantitative estimate of drug-likeness (QED) is 0.223. The van der Waals surface area contributed by atoms with Gasteiger partial charge in [-0.25, -0.2) is 0 Å². The number of furan rings is 1. The van der Waals surface area contributed by atoms with Gasteiger partial charge in [0.15, 0.2) is 0 Å². The third kappa shape index (κ3) is 2.78. The molecule has 1 aliphatic heterocycles. The molecule has 0 radical (unpaired) electrons. The molecule has 4 nitrogen and oxygen atoms in total. The van der Waals surface area contributed by atoms with Crippen LogP contribution in [-0.2, 0) is 0 Å². The van der Waals surface area contributed by atoms with Crippen LogP contribution in [0.5, 0.6) is 0 Å². The van der Waals surface area contributed by atoms with Gasteiger partial charge < -0.3 is 8.98 Å². The number of rotatable bonds is 2. The predicted molar refractivity (Wildman–Crippen MR) is 160 cm³/mol. The number of hydrogen-bond donors (Lipinski definition) is 0. The van der Waals surface area contributed by atoms with Crippen LogP contribution in [0, 0.1) is 0 Å². The third-order valence-corrected chi connectivity index (χ3v) is 8.20. The normalized spacial score (nSPS) is 16.2. The van der Waals surface area contributed by atoms with Gasteiger partial charge in [0, 0.05) is 58.2 Å². The highest BCUT2D eigenvalue weighted by molar-refractivity contribution is 6.29. The zero-order chi connectivity index (χ0) is 25.5. The van der Waals surface area contributed by atoms with Crippen LogP contribution in [0.3, 0.4) is 0 Å². The molecule has 0 N–H and O–H groups in total. The summed E-state index contributed by atoms with van der Waals surface area (Å²) < 4.78 is 11.2. The summed E-state index contributed by atoms with van der Waals surface area (Å²) in [6.07, 6.45) is 12.5. The summed E-state index contributed by atoms with van der Waals surface area (Å²) in [4.78, 5) is 4.17. The summed E-state index contributed by atoms with van der Waals surface area (Å²) in [6.45, 7) is 0. The van der Waals surface area contributed by atoms with Crippen LogP contribution in [-0.4, -0.2) is 15.3 Å². The smallest absolute Gasteiger partial charge is 0.235 e. The van der Waals surface area contributed by atoms with Gasteiger partial charge in [-0.3, -0.25) is 4.98 Å². The Morgan fingerprint density at radius 1 is 0.692 bits per heavy atom. The molecule has 0 bridgehead atoms. The molecule has 0 spiro atoms. The highest BCUT2D eigenvalue weighted by Gasteiger charge is 2.37. The molecule has 182 valence electrons. The Balaban J connectivity index is 1.36. The SMILES string of the molecule is C1=CC2=[N+](c3ccc(-c4ccncc4)cc3)c3cccc4c5c6c(ccc5n(c34)C2C=C1)oc1ccccc16. The molecule has 39 heavy (non-hydrogen) atoms. The van der Waals surface area contributed by atoms with Gasteiger partial charge in [-0.1, -0.05) is 48.6 Å². The average Bonchev–Trinajstić information content (AvgIpc) is 3.55.